The molecule has 0 heterocycles. The Hall–Kier alpha value is -1.75. The quantitative estimate of drug-likeness (QED) is 0.763. The molecule has 0 unspecified atom stereocenters. The molecular formula is C19H24ClNO3. The second-order valence-electron chi connectivity index (χ2n) is 5.80. The number of ether oxygens (including phenoxy) is 2. The van der Waals surface area contributed by atoms with Crippen LogP contribution in [0.5, 0.6) is 11.5 Å². The van der Waals surface area contributed by atoms with Crippen LogP contribution in [-0.4, -0.2) is 24.9 Å². The van der Waals surface area contributed by atoms with E-state index in [9.17, 15) is 5.11 Å². The van der Waals surface area contributed by atoms with Gasteiger partial charge in [-0.2, -0.15) is 0 Å². The lowest BCUT2D eigenvalue weighted by molar-refractivity contribution is 0.191. The van der Waals surface area contributed by atoms with E-state index < -0.39 is 0 Å². The van der Waals surface area contributed by atoms with Gasteiger partial charge in [0.2, 0.25) is 0 Å². The summed E-state index contributed by atoms with van der Waals surface area (Å²) in [6.45, 7) is 5.34. The number of halogens is 1. The van der Waals surface area contributed by atoms with Gasteiger partial charge in [0, 0.05) is 13.1 Å². The largest absolute Gasteiger partial charge is 0.493 e. The SMILES string of the molecule is COc1cc(CNC[C@H](C)O)cc(Cl)c1OCc1ccccc1C. The fourth-order valence-electron chi connectivity index (χ4n) is 2.36. The zero-order valence-electron chi connectivity index (χ0n) is 14.3. The molecule has 0 saturated carbocycles. The first kappa shape index (κ1) is 18.6. The van der Waals surface area contributed by atoms with Crippen molar-refractivity contribution >= 4 is 11.6 Å². The van der Waals surface area contributed by atoms with Gasteiger partial charge in [0.25, 0.3) is 0 Å². The van der Waals surface area contributed by atoms with Crippen LogP contribution in [0.3, 0.4) is 0 Å². The van der Waals surface area contributed by atoms with Gasteiger partial charge < -0.3 is 19.9 Å². The molecule has 130 valence electrons. The van der Waals surface area contributed by atoms with E-state index in [4.69, 9.17) is 21.1 Å². The third kappa shape index (κ3) is 5.13. The van der Waals surface area contributed by atoms with Gasteiger partial charge in [-0.3, -0.25) is 0 Å². The number of hydrogen-bond donors (Lipinski definition) is 2. The molecule has 2 rings (SSSR count). The minimum atomic E-state index is -0.390. The Morgan fingerprint density at radius 3 is 2.67 bits per heavy atom. The summed E-state index contributed by atoms with van der Waals surface area (Å²) >= 11 is 6.38. The van der Waals surface area contributed by atoms with Gasteiger partial charge in [-0.05, 0) is 42.7 Å². The summed E-state index contributed by atoms with van der Waals surface area (Å²) in [5, 5.41) is 13.0. The Morgan fingerprint density at radius 1 is 1.25 bits per heavy atom. The van der Waals surface area contributed by atoms with E-state index in [1.54, 1.807) is 14.0 Å². The van der Waals surface area contributed by atoms with Crippen molar-refractivity contribution in [2.24, 2.45) is 0 Å². The van der Waals surface area contributed by atoms with Crippen molar-refractivity contribution in [3.63, 3.8) is 0 Å². The Balaban J connectivity index is 2.10. The minimum Gasteiger partial charge on any atom is -0.493 e. The number of benzene rings is 2. The first-order valence-electron chi connectivity index (χ1n) is 7.93. The maximum atomic E-state index is 9.30. The maximum absolute atomic E-state index is 9.30. The van der Waals surface area contributed by atoms with Crippen molar-refractivity contribution in [3.05, 3.63) is 58.1 Å². The van der Waals surface area contributed by atoms with Crippen LogP contribution in [0.25, 0.3) is 0 Å². The fourth-order valence-corrected chi connectivity index (χ4v) is 2.65. The van der Waals surface area contributed by atoms with Gasteiger partial charge in [-0.25, -0.2) is 0 Å². The molecule has 0 aliphatic carbocycles. The number of nitrogens with one attached hydrogen (secondary N) is 1. The Kier molecular flexibility index (Phi) is 6.91. The highest BCUT2D eigenvalue weighted by Gasteiger charge is 2.13. The van der Waals surface area contributed by atoms with Gasteiger partial charge in [-0.1, -0.05) is 35.9 Å². The van der Waals surface area contributed by atoms with Gasteiger partial charge in [-0.15, -0.1) is 0 Å². The smallest absolute Gasteiger partial charge is 0.180 e. The van der Waals surface area contributed by atoms with E-state index in [0.717, 1.165) is 11.1 Å². The van der Waals surface area contributed by atoms with Gasteiger partial charge in [0.05, 0.1) is 18.2 Å². The zero-order valence-corrected chi connectivity index (χ0v) is 15.1. The Morgan fingerprint density at radius 2 is 2.00 bits per heavy atom. The summed E-state index contributed by atoms with van der Waals surface area (Å²) in [5.41, 5.74) is 3.26. The number of methoxy groups -OCH3 is 1. The molecule has 2 aromatic carbocycles. The van der Waals surface area contributed by atoms with Crippen LogP contribution < -0.4 is 14.8 Å². The monoisotopic (exact) mass is 349 g/mol. The van der Waals surface area contributed by atoms with Crippen molar-refractivity contribution in [2.75, 3.05) is 13.7 Å². The molecule has 2 aromatic rings. The van der Waals surface area contributed by atoms with E-state index in [-0.39, 0.29) is 6.10 Å². The highest BCUT2D eigenvalue weighted by molar-refractivity contribution is 6.32. The van der Waals surface area contributed by atoms with Crippen LogP contribution in [0.15, 0.2) is 36.4 Å². The van der Waals surface area contributed by atoms with Gasteiger partial charge in [0.15, 0.2) is 11.5 Å². The summed E-state index contributed by atoms with van der Waals surface area (Å²) in [7, 11) is 1.60. The lowest BCUT2D eigenvalue weighted by atomic mass is 10.1. The first-order chi connectivity index (χ1) is 11.5. The van der Waals surface area contributed by atoms with Crippen LogP contribution in [0.1, 0.15) is 23.6 Å². The molecule has 1 atom stereocenters. The molecule has 5 heteroatoms. The highest BCUT2D eigenvalue weighted by atomic mass is 35.5. The van der Waals surface area contributed by atoms with Crippen molar-refractivity contribution < 1.29 is 14.6 Å². The van der Waals surface area contributed by atoms with E-state index in [2.05, 4.69) is 18.3 Å². The molecule has 2 N–H and O–H groups in total. The van der Waals surface area contributed by atoms with Crippen LogP contribution in [0.4, 0.5) is 0 Å². The van der Waals surface area contributed by atoms with Crippen LogP contribution >= 0.6 is 11.6 Å². The van der Waals surface area contributed by atoms with Crippen molar-refractivity contribution in [2.45, 2.75) is 33.1 Å². The van der Waals surface area contributed by atoms with E-state index in [1.807, 2.05) is 30.3 Å². The third-order valence-corrected chi connectivity index (χ3v) is 3.97. The second kappa shape index (κ2) is 8.92. The predicted molar refractivity (Wildman–Crippen MR) is 96.9 cm³/mol. The average Bonchev–Trinajstić information content (AvgIpc) is 2.54. The molecule has 0 saturated heterocycles. The van der Waals surface area contributed by atoms with Gasteiger partial charge >= 0.3 is 0 Å². The van der Waals surface area contributed by atoms with Gasteiger partial charge in [0.1, 0.15) is 6.61 Å². The normalized spacial score (nSPS) is 12.0. The molecule has 24 heavy (non-hydrogen) atoms. The number of rotatable bonds is 8. The second-order valence-corrected chi connectivity index (χ2v) is 6.21. The minimum absolute atomic E-state index is 0.390. The number of aliphatic hydroxyl groups excluding tert-OH is 1. The third-order valence-electron chi connectivity index (χ3n) is 3.69. The molecule has 0 aliphatic heterocycles. The lowest BCUT2D eigenvalue weighted by Crippen LogP contribution is -2.23. The highest BCUT2D eigenvalue weighted by Crippen LogP contribution is 2.37. The molecular weight excluding hydrogens is 326 g/mol. The number of aryl methyl sites for hydroxylation is 1. The van der Waals surface area contributed by atoms with E-state index >= 15 is 0 Å². The molecule has 0 bridgehead atoms. The predicted octanol–water partition coefficient (Wildman–Crippen LogP) is 3.71. The summed E-state index contributed by atoms with van der Waals surface area (Å²) in [6, 6.07) is 11.8. The van der Waals surface area contributed by atoms with E-state index in [1.165, 1.54) is 5.56 Å². The lowest BCUT2D eigenvalue weighted by Gasteiger charge is -2.15. The molecule has 0 aliphatic rings. The van der Waals surface area contributed by atoms with Crippen LogP contribution in [0, 0.1) is 6.92 Å². The van der Waals surface area contributed by atoms with Crippen molar-refractivity contribution in [1.29, 1.82) is 0 Å². The summed E-state index contributed by atoms with van der Waals surface area (Å²) in [4.78, 5) is 0. The molecule has 0 fully saturated rings. The Bertz CT molecular complexity index is 674. The summed E-state index contributed by atoms with van der Waals surface area (Å²) in [5.74, 6) is 1.15. The number of aliphatic hydroxyl groups is 1. The van der Waals surface area contributed by atoms with Crippen LogP contribution in [0.2, 0.25) is 5.02 Å². The van der Waals surface area contributed by atoms with Crippen LogP contribution in [-0.2, 0) is 13.2 Å². The van der Waals surface area contributed by atoms with E-state index in [0.29, 0.717) is 36.2 Å². The first-order valence-corrected chi connectivity index (χ1v) is 8.31. The fraction of sp³-hybridized carbons (Fsp3) is 0.368. The molecule has 0 aromatic heterocycles. The topological polar surface area (TPSA) is 50.7 Å². The molecule has 0 amide bonds. The van der Waals surface area contributed by atoms with Crippen molar-refractivity contribution in [3.8, 4) is 11.5 Å². The average molecular weight is 350 g/mol. The molecule has 0 radical (unpaired) electrons. The maximum Gasteiger partial charge on any atom is 0.180 e. The molecule has 0 spiro atoms. The number of hydrogen-bond acceptors (Lipinski definition) is 4. The molecule has 4 nitrogen and oxygen atoms in total. The van der Waals surface area contributed by atoms with Crippen molar-refractivity contribution in [1.82, 2.24) is 5.32 Å². The zero-order chi connectivity index (χ0) is 17.5. The summed E-state index contributed by atoms with van der Waals surface area (Å²) < 4.78 is 11.3. The summed E-state index contributed by atoms with van der Waals surface area (Å²) in [6.07, 6.45) is -0.390. The standard InChI is InChI=1S/C19H24ClNO3/c1-13-6-4-5-7-16(13)12-24-19-17(20)8-15(9-18(19)23-3)11-21-10-14(2)22/h4-9,14,21-22H,10-12H2,1-3H3/t14-/m0/s1. The Labute approximate surface area is 148 Å².